The molecule has 1 saturated heterocycles. The lowest BCUT2D eigenvalue weighted by Crippen LogP contribution is -2.47. The van der Waals surface area contributed by atoms with Gasteiger partial charge in [0.2, 0.25) is 10.0 Å². The van der Waals surface area contributed by atoms with E-state index >= 15 is 0 Å². The lowest BCUT2D eigenvalue weighted by molar-refractivity contribution is -0.0228. The molecule has 2 heterocycles. The van der Waals surface area contributed by atoms with Crippen molar-refractivity contribution >= 4 is 48.9 Å². The molecule has 0 aliphatic carbocycles. The Bertz CT molecular complexity index is 557. The van der Waals surface area contributed by atoms with Gasteiger partial charge >= 0.3 is 0 Å². The van der Waals surface area contributed by atoms with Crippen LogP contribution in [0.4, 0.5) is 0 Å². The van der Waals surface area contributed by atoms with Crippen LogP contribution in [0.25, 0.3) is 0 Å². The number of thiophene rings is 1. The first-order chi connectivity index (χ1) is 8.74. The minimum Gasteiger partial charge on any atom is -0.386 e. The van der Waals surface area contributed by atoms with Crippen LogP contribution in [0.1, 0.15) is 13.3 Å². The lowest BCUT2D eigenvalue weighted by Gasteiger charge is -2.25. The van der Waals surface area contributed by atoms with Gasteiger partial charge in [-0.3, -0.25) is 0 Å². The van der Waals surface area contributed by atoms with Crippen molar-refractivity contribution in [3.63, 3.8) is 0 Å². The molecule has 0 spiro atoms. The number of rotatable bonds is 4. The van der Waals surface area contributed by atoms with Crippen molar-refractivity contribution in [2.24, 2.45) is 0 Å². The van der Waals surface area contributed by atoms with E-state index in [4.69, 9.17) is 16.3 Å². The fourth-order valence-corrected chi connectivity index (χ4v) is 5.30. The maximum absolute atomic E-state index is 12.1. The van der Waals surface area contributed by atoms with Crippen molar-refractivity contribution in [1.29, 1.82) is 0 Å². The summed E-state index contributed by atoms with van der Waals surface area (Å²) >= 11 is 10.0. The number of halogens is 2. The van der Waals surface area contributed by atoms with Gasteiger partial charge in [-0.25, -0.2) is 13.1 Å². The average molecular weight is 391 g/mol. The number of sulfonamides is 1. The Balaban J connectivity index is 2.10. The van der Waals surface area contributed by atoms with Crippen LogP contribution < -0.4 is 4.72 Å². The Kier molecular flexibility index (Phi) is 4.61. The summed E-state index contributed by atoms with van der Waals surface area (Å²) < 4.78 is 32.5. The Labute approximate surface area is 129 Å². The van der Waals surface area contributed by atoms with Crippen molar-refractivity contribution in [1.82, 2.24) is 4.72 Å². The van der Waals surface area contributed by atoms with Crippen LogP contribution in [-0.2, 0) is 14.8 Å². The van der Waals surface area contributed by atoms with E-state index in [2.05, 4.69) is 20.7 Å². The normalized spacial score (nSPS) is 27.9. The van der Waals surface area contributed by atoms with Crippen molar-refractivity contribution < 1.29 is 18.3 Å². The molecular formula is C10H13BrClNO4S2. The van der Waals surface area contributed by atoms with Crippen molar-refractivity contribution in [3.8, 4) is 0 Å². The lowest BCUT2D eigenvalue weighted by atomic mass is 9.97. The molecule has 0 aromatic carbocycles. The topological polar surface area (TPSA) is 75.6 Å². The van der Waals surface area contributed by atoms with Crippen molar-refractivity contribution in [2.75, 3.05) is 13.2 Å². The summed E-state index contributed by atoms with van der Waals surface area (Å²) in [5.74, 6) is 0. The zero-order valence-electron chi connectivity index (χ0n) is 10.0. The van der Waals surface area contributed by atoms with Crippen LogP contribution in [-0.4, -0.2) is 38.4 Å². The average Bonchev–Trinajstić information content (AvgIpc) is 2.83. The predicted octanol–water partition coefficient (Wildman–Crippen LogP) is 1.98. The van der Waals surface area contributed by atoms with Gasteiger partial charge in [-0.15, -0.1) is 11.3 Å². The Morgan fingerprint density at radius 3 is 2.89 bits per heavy atom. The van der Waals surface area contributed by atoms with Crippen LogP contribution in [0.5, 0.6) is 0 Å². The van der Waals surface area contributed by atoms with Crippen LogP contribution in [0.2, 0.25) is 5.02 Å². The molecule has 0 amide bonds. The van der Waals surface area contributed by atoms with E-state index < -0.39 is 21.7 Å². The van der Waals surface area contributed by atoms with Gasteiger partial charge in [0.05, 0.1) is 14.9 Å². The van der Waals surface area contributed by atoms with E-state index in [0.29, 0.717) is 21.8 Å². The highest BCUT2D eigenvalue weighted by atomic mass is 79.9. The molecule has 1 aromatic heterocycles. The molecule has 9 heteroatoms. The number of nitrogens with one attached hydrogen (secondary N) is 1. The molecule has 0 saturated carbocycles. The molecule has 1 fully saturated rings. The highest BCUT2D eigenvalue weighted by Gasteiger charge is 2.40. The molecule has 1 aromatic rings. The summed E-state index contributed by atoms with van der Waals surface area (Å²) in [5.41, 5.74) is -1.16. The first-order valence-electron chi connectivity index (χ1n) is 5.53. The fourth-order valence-electron chi connectivity index (χ4n) is 1.75. The molecule has 19 heavy (non-hydrogen) atoms. The first-order valence-corrected chi connectivity index (χ1v) is 9.00. The van der Waals surface area contributed by atoms with E-state index in [9.17, 15) is 13.5 Å². The van der Waals surface area contributed by atoms with Crippen LogP contribution in [0.15, 0.2) is 14.1 Å². The zero-order chi connectivity index (χ0) is 14.3. The van der Waals surface area contributed by atoms with Gasteiger partial charge in [-0.1, -0.05) is 11.6 Å². The van der Waals surface area contributed by atoms with Gasteiger partial charge in [0.15, 0.2) is 0 Å². The van der Waals surface area contributed by atoms with Crippen molar-refractivity contribution in [2.45, 2.75) is 29.3 Å². The molecule has 2 N–H and O–H groups in total. The molecule has 0 radical (unpaired) electrons. The second-order valence-electron chi connectivity index (χ2n) is 4.38. The van der Waals surface area contributed by atoms with Crippen molar-refractivity contribution in [3.05, 3.63) is 14.9 Å². The summed E-state index contributed by atoms with van der Waals surface area (Å²) in [5, 5.41) is 10.6. The third-order valence-electron chi connectivity index (χ3n) is 3.12. The van der Waals surface area contributed by atoms with Gasteiger partial charge in [0.25, 0.3) is 0 Å². The van der Waals surface area contributed by atoms with Gasteiger partial charge in [-0.05, 0) is 28.9 Å². The molecule has 5 nitrogen and oxygen atoms in total. The van der Waals surface area contributed by atoms with Gasteiger partial charge in [0, 0.05) is 19.6 Å². The summed E-state index contributed by atoms with van der Waals surface area (Å²) in [6.07, 6.45) is 0.0137. The Morgan fingerprint density at radius 2 is 2.42 bits per heavy atom. The van der Waals surface area contributed by atoms with E-state index in [1.165, 1.54) is 6.07 Å². The van der Waals surface area contributed by atoms with Gasteiger partial charge < -0.3 is 9.84 Å². The van der Waals surface area contributed by atoms with E-state index in [0.717, 1.165) is 11.3 Å². The summed E-state index contributed by atoms with van der Waals surface area (Å²) in [4.78, 5) is 0. The molecule has 1 aliphatic rings. The largest absolute Gasteiger partial charge is 0.386 e. The summed E-state index contributed by atoms with van der Waals surface area (Å²) in [7, 11) is -3.67. The monoisotopic (exact) mass is 389 g/mol. The third kappa shape index (κ3) is 3.31. The van der Waals surface area contributed by atoms with Gasteiger partial charge in [-0.2, -0.15) is 0 Å². The molecule has 0 bridgehead atoms. The highest BCUT2D eigenvalue weighted by molar-refractivity contribution is 9.11. The number of ether oxygens (including phenoxy) is 1. The van der Waals surface area contributed by atoms with E-state index in [1.54, 1.807) is 6.92 Å². The Morgan fingerprint density at radius 1 is 1.74 bits per heavy atom. The molecule has 2 unspecified atom stereocenters. The molecule has 2 rings (SSSR count). The highest BCUT2D eigenvalue weighted by Crippen LogP contribution is 2.34. The van der Waals surface area contributed by atoms with Crippen LogP contribution >= 0.6 is 38.9 Å². The van der Waals surface area contributed by atoms with E-state index in [-0.39, 0.29) is 10.8 Å². The molecule has 1 aliphatic heterocycles. The summed E-state index contributed by atoms with van der Waals surface area (Å²) in [6, 6.07) is 1.37. The zero-order valence-corrected chi connectivity index (χ0v) is 14.0. The van der Waals surface area contributed by atoms with Gasteiger partial charge in [0.1, 0.15) is 9.81 Å². The van der Waals surface area contributed by atoms with E-state index in [1.807, 2.05) is 0 Å². The minimum absolute atomic E-state index is 0.0797. The van der Waals surface area contributed by atoms with Crippen LogP contribution in [0.3, 0.4) is 0 Å². The predicted molar refractivity (Wildman–Crippen MR) is 77.2 cm³/mol. The maximum Gasteiger partial charge on any atom is 0.250 e. The second kappa shape index (κ2) is 5.59. The second-order valence-corrected chi connectivity index (χ2v) is 9.15. The third-order valence-corrected chi connectivity index (χ3v) is 7.46. The first kappa shape index (κ1) is 15.7. The number of hydrogen-bond donors (Lipinski definition) is 2. The Hall–Kier alpha value is 0.300. The minimum atomic E-state index is -3.67. The SMILES string of the molecule is CC1OCCC1(O)CNS(=O)(=O)c1cc(Cl)c(Br)s1. The molecule has 2 atom stereocenters. The number of aliphatic hydroxyl groups is 1. The standard InChI is InChI=1S/C10H13BrClNO4S2/c1-6-10(14,2-3-17-6)5-13-19(15,16)8-4-7(12)9(11)18-8/h4,6,13-14H,2-3,5H2,1H3. The quantitative estimate of drug-likeness (QED) is 0.824. The smallest absolute Gasteiger partial charge is 0.250 e. The number of hydrogen-bond acceptors (Lipinski definition) is 5. The molecule has 108 valence electrons. The van der Waals surface area contributed by atoms with Crippen LogP contribution in [0, 0.1) is 0 Å². The summed E-state index contributed by atoms with van der Waals surface area (Å²) in [6.45, 7) is 2.07. The molecular weight excluding hydrogens is 378 g/mol. The maximum atomic E-state index is 12.1. The fraction of sp³-hybridized carbons (Fsp3) is 0.600.